The Labute approximate surface area is 161 Å². The monoisotopic (exact) mass is 375 g/mol. The van der Waals surface area contributed by atoms with Gasteiger partial charge in [-0.3, -0.25) is 14.3 Å². The van der Waals surface area contributed by atoms with Gasteiger partial charge in [-0.15, -0.1) is 0 Å². The molecule has 0 spiro atoms. The van der Waals surface area contributed by atoms with Crippen LogP contribution in [-0.2, 0) is 18.4 Å². The normalized spacial score (nSPS) is 11.1. The molecule has 0 fully saturated rings. The summed E-state index contributed by atoms with van der Waals surface area (Å²) in [6.45, 7) is 2.38. The van der Waals surface area contributed by atoms with E-state index in [9.17, 15) is 9.59 Å². The fourth-order valence-corrected chi connectivity index (χ4v) is 3.36. The van der Waals surface area contributed by atoms with Gasteiger partial charge in [0.05, 0.1) is 22.8 Å². The molecule has 7 nitrogen and oxygen atoms in total. The Hall–Kier alpha value is -3.61. The molecule has 28 heavy (non-hydrogen) atoms. The zero-order chi connectivity index (χ0) is 19.7. The Bertz CT molecular complexity index is 1240. The number of likely N-dealkylation sites (N-methyl/N-ethyl adjacent to an activating group) is 1. The number of hydrogen-bond donors (Lipinski definition) is 2. The van der Waals surface area contributed by atoms with Crippen LogP contribution in [0.4, 0.5) is 11.4 Å². The van der Waals surface area contributed by atoms with Crippen LogP contribution in [0.15, 0.2) is 59.7 Å². The number of nitrogens with zero attached hydrogens (tertiary/aromatic N) is 3. The summed E-state index contributed by atoms with van der Waals surface area (Å²) >= 11 is 0. The minimum absolute atomic E-state index is 0.00140. The number of benzene rings is 2. The zero-order valence-corrected chi connectivity index (χ0v) is 15.8. The summed E-state index contributed by atoms with van der Waals surface area (Å²) in [4.78, 5) is 24.9. The van der Waals surface area contributed by atoms with Gasteiger partial charge in [-0.2, -0.15) is 5.10 Å². The first-order chi connectivity index (χ1) is 13.6. The molecule has 0 bridgehead atoms. The number of anilines is 2. The lowest BCUT2D eigenvalue weighted by Crippen LogP contribution is -2.32. The number of hydrogen-bond acceptors (Lipinski definition) is 4. The van der Waals surface area contributed by atoms with Crippen molar-refractivity contribution in [3.63, 3.8) is 0 Å². The molecule has 0 radical (unpaired) electrons. The van der Waals surface area contributed by atoms with Gasteiger partial charge in [0.1, 0.15) is 6.54 Å². The van der Waals surface area contributed by atoms with Crippen LogP contribution in [0.25, 0.3) is 21.7 Å². The van der Waals surface area contributed by atoms with Gasteiger partial charge in [-0.05, 0) is 42.6 Å². The molecule has 0 aliphatic carbocycles. The van der Waals surface area contributed by atoms with Crippen molar-refractivity contribution in [3.8, 4) is 0 Å². The molecule has 0 saturated carbocycles. The standard InChI is InChI=1S/C21H21N5O2/c1-3-22-19(27)13-26-10-9-14-5-4-6-17(20(14)21(26)28)24-16-7-8-18-15(11-16)12-23-25(18)2/h4-12,24H,3,13H2,1-2H3,(H,22,27). The van der Waals surface area contributed by atoms with E-state index in [4.69, 9.17) is 0 Å². The highest BCUT2D eigenvalue weighted by atomic mass is 16.2. The Morgan fingerprint density at radius 2 is 2.00 bits per heavy atom. The first-order valence-electron chi connectivity index (χ1n) is 9.14. The first kappa shape index (κ1) is 17.8. The Morgan fingerprint density at radius 1 is 1.14 bits per heavy atom. The predicted molar refractivity (Wildman–Crippen MR) is 111 cm³/mol. The first-order valence-corrected chi connectivity index (χ1v) is 9.14. The van der Waals surface area contributed by atoms with Crippen molar-refractivity contribution in [3.05, 3.63) is 65.2 Å². The number of aromatic nitrogens is 3. The predicted octanol–water partition coefficient (Wildman–Crippen LogP) is 2.77. The van der Waals surface area contributed by atoms with Crippen LogP contribution in [0, 0.1) is 0 Å². The number of nitrogens with one attached hydrogen (secondary N) is 2. The highest BCUT2D eigenvalue weighted by Gasteiger charge is 2.11. The number of aryl methyl sites for hydroxylation is 1. The third-order valence-electron chi connectivity index (χ3n) is 4.72. The summed E-state index contributed by atoms with van der Waals surface area (Å²) < 4.78 is 3.25. The minimum Gasteiger partial charge on any atom is -0.355 e. The van der Waals surface area contributed by atoms with Crippen molar-refractivity contribution in [1.82, 2.24) is 19.7 Å². The summed E-state index contributed by atoms with van der Waals surface area (Å²) in [6.07, 6.45) is 3.47. The molecular formula is C21H21N5O2. The van der Waals surface area contributed by atoms with Crippen molar-refractivity contribution in [2.45, 2.75) is 13.5 Å². The lowest BCUT2D eigenvalue weighted by molar-refractivity contribution is -0.121. The maximum atomic E-state index is 13.0. The van der Waals surface area contributed by atoms with Crippen molar-refractivity contribution in [1.29, 1.82) is 0 Å². The van der Waals surface area contributed by atoms with Crippen LogP contribution >= 0.6 is 0 Å². The largest absolute Gasteiger partial charge is 0.355 e. The van der Waals surface area contributed by atoms with Crippen LogP contribution in [0.3, 0.4) is 0 Å². The van der Waals surface area contributed by atoms with Crippen LogP contribution in [-0.4, -0.2) is 26.8 Å². The SMILES string of the molecule is CCNC(=O)Cn1ccc2cccc(Nc3ccc4c(cnn4C)c3)c2c1=O. The second-order valence-electron chi connectivity index (χ2n) is 6.64. The molecule has 7 heteroatoms. The molecule has 2 aromatic heterocycles. The van der Waals surface area contributed by atoms with E-state index in [0.717, 1.165) is 22.0 Å². The van der Waals surface area contributed by atoms with Gasteiger partial charge in [0.15, 0.2) is 0 Å². The van der Waals surface area contributed by atoms with Crippen LogP contribution in [0.2, 0.25) is 0 Å². The van der Waals surface area contributed by atoms with E-state index < -0.39 is 0 Å². The molecule has 142 valence electrons. The topological polar surface area (TPSA) is 81.0 Å². The third-order valence-corrected chi connectivity index (χ3v) is 4.72. The molecule has 0 aliphatic heterocycles. The fraction of sp³-hybridized carbons (Fsp3) is 0.190. The number of rotatable bonds is 5. The second kappa shape index (κ2) is 7.19. The average Bonchev–Trinajstić information content (AvgIpc) is 3.05. The molecule has 0 unspecified atom stereocenters. The lowest BCUT2D eigenvalue weighted by atomic mass is 10.1. The maximum Gasteiger partial charge on any atom is 0.261 e. The second-order valence-corrected chi connectivity index (χ2v) is 6.64. The van der Waals surface area contributed by atoms with Crippen molar-refractivity contribution in [2.24, 2.45) is 7.05 Å². The molecule has 2 N–H and O–H groups in total. The molecular weight excluding hydrogens is 354 g/mol. The van der Waals surface area contributed by atoms with Crippen molar-refractivity contribution in [2.75, 3.05) is 11.9 Å². The van der Waals surface area contributed by atoms with E-state index in [1.165, 1.54) is 4.57 Å². The van der Waals surface area contributed by atoms with E-state index >= 15 is 0 Å². The van der Waals surface area contributed by atoms with Crippen LogP contribution < -0.4 is 16.2 Å². The zero-order valence-electron chi connectivity index (χ0n) is 15.8. The average molecular weight is 375 g/mol. The van der Waals surface area contributed by atoms with Gasteiger partial charge in [-0.1, -0.05) is 12.1 Å². The summed E-state index contributed by atoms with van der Waals surface area (Å²) in [5.74, 6) is -0.184. The van der Waals surface area contributed by atoms with Gasteiger partial charge in [0.25, 0.3) is 5.56 Å². The van der Waals surface area contributed by atoms with E-state index in [1.807, 2.05) is 67.3 Å². The lowest BCUT2D eigenvalue weighted by Gasteiger charge is -2.12. The Kier molecular flexibility index (Phi) is 4.57. The van der Waals surface area contributed by atoms with Gasteiger partial charge in [-0.25, -0.2) is 0 Å². The summed E-state index contributed by atoms with van der Waals surface area (Å²) in [5.41, 5.74) is 2.41. The molecule has 2 heterocycles. The molecule has 2 aromatic carbocycles. The molecule has 1 amide bonds. The smallest absolute Gasteiger partial charge is 0.261 e. The quantitative estimate of drug-likeness (QED) is 0.562. The molecule has 4 rings (SSSR count). The van der Waals surface area contributed by atoms with Crippen LogP contribution in [0.5, 0.6) is 0 Å². The number of pyridine rings is 1. The van der Waals surface area contributed by atoms with E-state index in [1.54, 1.807) is 6.20 Å². The van der Waals surface area contributed by atoms with Crippen molar-refractivity contribution < 1.29 is 4.79 Å². The highest BCUT2D eigenvalue weighted by molar-refractivity contribution is 5.95. The van der Waals surface area contributed by atoms with Gasteiger partial charge < -0.3 is 15.2 Å². The summed E-state index contributed by atoms with van der Waals surface area (Å²) in [5, 5.41) is 12.7. The number of carbonyl (C=O) groups excluding carboxylic acids is 1. The third kappa shape index (κ3) is 3.22. The van der Waals surface area contributed by atoms with Crippen LogP contribution in [0.1, 0.15) is 6.92 Å². The highest BCUT2D eigenvalue weighted by Crippen LogP contribution is 2.26. The van der Waals surface area contributed by atoms with Crippen molar-refractivity contribution >= 4 is 39.0 Å². The number of fused-ring (bicyclic) bond motifs is 2. The summed E-state index contributed by atoms with van der Waals surface area (Å²) in [6, 6.07) is 13.5. The van der Waals surface area contributed by atoms with Gasteiger partial charge >= 0.3 is 0 Å². The molecule has 0 atom stereocenters. The number of carbonyl (C=O) groups is 1. The van der Waals surface area contributed by atoms with E-state index in [2.05, 4.69) is 15.7 Å². The van der Waals surface area contributed by atoms with Gasteiger partial charge in [0, 0.05) is 30.9 Å². The minimum atomic E-state index is -0.200. The Balaban J connectivity index is 1.75. The molecule has 0 saturated heterocycles. The summed E-state index contributed by atoms with van der Waals surface area (Å²) in [7, 11) is 1.90. The van der Waals surface area contributed by atoms with Gasteiger partial charge in [0.2, 0.25) is 5.91 Å². The fourth-order valence-electron chi connectivity index (χ4n) is 3.36. The molecule has 4 aromatic rings. The molecule has 0 aliphatic rings. The maximum absolute atomic E-state index is 13.0. The van der Waals surface area contributed by atoms with E-state index in [-0.39, 0.29) is 18.0 Å². The van der Waals surface area contributed by atoms with E-state index in [0.29, 0.717) is 17.6 Å². The Morgan fingerprint density at radius 3 is 2.82 bits per heavy atom. The number of amides is 1.